The van der Waals surface area contributed by atoms with Gasteiger partial charge in [0.25, 0.3) is 0 Å². The van der Waals surface area contributed by atoms with Crippen molar-refractivity contribution in [3.05, 3.63) is 12.2 Å². The molecule has 4 heterocycles. The van der Waals surface area contributed by atoms with Crippen LogP contribution in [0.1, 0.15) is 58.8 Å². The van der Waals surface area contributed by atoms with Gasteiger partial charge in [-0.1, -0.05) is 12.2 Å². The van der Waals surface area contributed by atoms with Crippen molar-refractivity contribution in [1.29, 1.82) is 0 Å². The van der Waals surface area contributed by atoms with E-state index >= 15 is 0 Å². The van der Waals surface area contributed by atoms with Crippen molar-refractivity contribution < 1.29 is 0 Å². The second kappa shape index (κ2) is 8.24. The van der Waals surface area contributed by atoms with Crippen molar-refractivity contribution in [2.45, 2.75) is 95.3 Å². The van der Waals surface area contributed by atoms with Gasteiger partial charge in [0.1, 0.15) is 0 Å². The third-order valence-corrected chi connectivity index (χ3v) is 8.27. The first-order valence-corrected chi connectivity index (χ1v) is 12.0. The molecular weight excluding hydrogens is 374 g/mol. The predicted molar refractivity (Wildman–Crippen MR) is 122 cm³/mol. The fourth-order valence-electron chi connectivity index (χ4n) is 6.46. The van der Waals surface area contributed by atoms with Crippen LogP contribution in [0.15, 0.2) is 22.4 Å². The molecule has 3 N–H and O–H groups in total. The highest BCUT2D eigenvalue weighted by Crippen LogP contribution is 2.40. The van der Waals surface area contributed by atoms with Crippen LogP contribution >= 0.6 is 0 Å². The van der Waals surface area contributed by atoms with E-state index < -0.39 is 0 Å². The fraction of sp³-hybridized carbons (Fsp3) is 0.826. The first-order chi connectivity index (χ1) is 14.5. The summed E-state index contributed by atoms with van der Waals surface area (Å²) in [5, 5.41) is 26.2. The van der Waals surface area contributed by atoms with Crippen LogP contribution < -0.4 is 16.0 Å². The zero-order chi connectivity index (χ0) is 20.8. The second-order valence-corrected chi connectivity index (χ2v) is 10.2. The monoisotopic (exact) mass is 413 g/mol. The van der Waals surface area contributed by atoms with E-state index in [1.807, 2.05) is 0 Å². The molecule has 8 atom stereocenters. The van der Waals surface area contributed by atoms with Gasteiger partial charge in [-0.3, -0.25) is 26.0 Å². The number of piperidine rings is 2. The molecule has 2 saturated heterocycles. The molecule has 0 spiro atoms. The summed E-state index contributed by atoms with van der Waals surface area (Å²) in [5.41, 5.74) is 2.28. The molecule has 3 fully saturated rings. The van der Waals surface area contributed by atoms with E-state index in [2.05, 4.69) is 66.1 Å². The first kappa shape index (κ1) is 20.5. The Morgan fingerprint density at radius 3 is 1.90 bits per heavy atom. The summed E-state index contributed by atoms with van der Waals surface area (Å²) < 4.78 is 0. The van der Waals surface area contributed by atoms with Crippen LogP contribution in [0.4, 0.5) is 0 Å². The van der Waals surface area contributed by atoms with E-state index in [0.717, 1.165) is 29.7 Å². The minimum absolute atomic E-state index is 0.166. The Morgan fingerprint density at radius 2 is 1.30 bits per heavy atom. The quantitative estimate of drug-likeness (QED) is 0.531. The van der Waals surface area contributed by atoms with E-state index in [4.69, 9.17) is 10.2 Å². The lowest BCUT2D eigenvalue weighted by molar-refractivity contribution is 0.0101. The summed E-state index contributed by atoms with van der Waals surface area (Å²) in [6.07, 6.45) is 13.8. The summed E-state index contributed by atoms with van der Waals surface area (Å²) in [5.74, 6) is 1.56. The summed E-state index contributed by atoms with van der Waals surface area (Å²) in [7, 11) is 4.29. The van der Waals surface area contributed by atoms with E-state index in [9.17, 15) is 0 Å². The molecule has 7 heteroatoms. The molecule has 4 aliphatic heterocycles. The summed E-state index contributed by atoms with van der Waals surface area (Å²) in [4.78, 5) is 0. The minimum Gasteiger partial charge on any atom is -0.297 e. The Hall–Kier alpha value is -1.44. The normalized spacial score (nSPS) is 44.1. The Kier molecular flexibility index (Phi) is 5.62. The Balaban J connectivity index is 1.49. The third-order valence-electron chi connectivity index (χ3n) is 8.27. The van der Waals surface area contributed by atoms with Crippen molar-refractivity contribution in [3.63, 3.8) is 0 Å². The molecule has 1 saturated carbocycles. The topological polar surface area (TPSA) is 67.3 Å². The maximum atomic E-state index is 5.03. The molecular formula is C23H39N7. The summed E-state index contributed by atoms with van der Waals surface area (Å²) in [6.45, 7) is 4.31. The number of hydrogen-bond acceptors (Lipinski definition) is 7. The van der Waals surface area contributed by atoms with Gasteiger partial charge in [-0.25, -0.2) is 0 Å². The molecule has 0 radical (unpaired) electrons. The van der Waals surface area contributed by atoms with Crippen molar-refractivity contribution in [2.75, 3.05) is 14.1 Å². The molecule has 30 heavy (non-hydrogen) atoms. The second-order valence-electron chi connectivity index (χ2n) is 10.2. The van der Waals surface area contributed by atoms with Crippen LogP contribution in [0.25, 0.3) is 0 Å². The predicted octanol–water partition coefficient (Wildman–Crippen LogP) is 2.08. The van der Waals surface area contributed by atoms with Crippen molar-refractivity contribution in [2.24, 2.45) is 22.0 Å². The number of rotatable bonds is 0. The average molecular weight is 414 g/mol. The van der Waals surface area contributed by atoms with E-state index in [1.165, 1.54) is 38.5 Å². The van der Waals surface area contributed by atoms with Crippen molar-refractivity contribution in [3.8, 4) is 0 Å². The lowest BCUT2D eigenvalue weighted by atomic mass is 9.68. The molecule has 0 aromatic carbocycles. The number of fused-ring (bicyclic) bond motifs is 4. The standard InChI is InChI=1S/C23H39N7/c1-14-18-6-5-7-19(24-18)15(2)28-30(4)21-13-11-17-9-8-16-10-12-20(29(3)27-14)25-22(16)23(17)26-21/h5-6,16-26H,7-13H2,1-4H3. The fourth-order valence-corrected chi connectivity index (χ4v) is 6.46. The van der Waals surface area contributed by atoms with Crippen molar-refractivity contribution in [1.82, 2.24) is 26.0 Å². The third kappa shape index (κ3) is 3.80. The first-order valence-electron chi connectivity index (χ1n) is 12.0. The van der Waals surface area contributed by atoms with Crippen molar-refractivity contribution >= 4 is 11.4 Å². The van der Waals surface area contributed by atoms with Crippen LogP contribution in [0.3, 0.4) is 0 Å². The van der Waals surface area contributed by atoms with Gasteiger partial charge >= 0.3 is 0 Å². The van der Waals surface area contributed by atoms with Gasteiger partial charge < -0.3 is 0 Å². The molecule has 0 aromatic rings. The van der Waals surface area contributed by atoms with E-state index in [1.54, 1.807) is 0 Å². The zero-order valence-electron chi connectivity index (χ0n) is 19.0. The summed E-state index contributed by atoms with van der Waals surface area (Å²) in [6, 6.07) is 1.49. The lowest BCUT2D eigenvalue weighted by Gasteiger charge is -2.53. The molecule has 5 rings (SSSR count). The lowest BCUT2D eigenvalue weighted by Crippen LogP contribution is -2.68. The molecule has 6 bridgehead atoms. The van der Waals surface area contributed by atoms with Gasteiger partial charge in [0.15, 0.2) is 0 Å². The van der Waals surface area contributed by atoms with Crippen LogP contribution in [0, 0.1) is 11.8 Å². The number of nitrogens with one attached hydrogen (secondary N) is 3. The molecule has 0 amide bonds. The van der Waals surface area contributed by atoms with Gasteiger partial charge in [-0.15, -0.1) is 0 Å². The molecule has 1 aliphatic carbocycles. The highest BCUT2D eigenvalue weighted by molar-refractivity contribution is 5.92. The SMILES string of the molecule is CC1=NN(C)C2CCC3CCC4CCC(NC4C3N2)N(C)N=C(C)C2CC=CC1N2. The highest BCUT2D eigenvalue weighted by atomic mass is 15.5. The number of hydrogen-bond donors (Lipinski definition) is 3. The van der Waals surface area contributed by atoms with E-state index in [0.29, 0.717) is 24.4 Å². The maximum absolute atomic E-state index is 5.03. The zero-order valence-corrected chi connectivity index (χ0v) is 19.0. The Labute approximate surface area is 181 Å². The highest BCUT2D eigenvalue weighted by Gasteiger charge is 2.46. The molecule has 8 unspecified atom stereocenters. The number of nitrogens with zero attached hydrogens (tertiary/aromatic N) is 4. The molecule has 0 aromatic heterocycles. The minimum atomic E-state index is 0.166. The van der Waals surface area contributed by atoms with E-state index in [-0.39, 0.29) is 12.1 Å². The van der Waals surface area contributed by atoms with Gasteiger partial charge in [0, 0.05) is 26.2 Å². The van der Waals surface area contributed by atoms with Gasteiger partial charge in [-0.05, 0) is 70.6 Å². The van der Waals surface area contributed by atoms with Crippen LogP contribution in [0.2, 0.25) is 0 Å². The Morgan fingerprint density at radius 1 is 0.767 bits per heavy atom. The molecule has 5 aliphatic rings. The van der Waals surface area contributed by atoms with Gasteiger partial charge in [0.05, 0.1) is 35.8 Å². The largest absolute Gasteiger partial charge is 0.297 e. The smallest absolute Gasteiger partial charge is 0.0963 e. The van der Waals surface area contributed by atoms with Gasteiger partial charge in [0.2, 0.25) is 0 Å². The number of hydrazone groups is 2. The average Bonchev–Trinajstić information content (AvgIpc) is 2.77. The Bertz CT molecular complexity index is 731. The van der Waals surface area contributed by atoms with Gasteiger partial charge in [-0.2, -0.15) is 10.2 Å². The van der Waals surface area contributed by atoms with Crippen LogP contribution in [-0.2, 0) is 0 Å². The maximum Gasteiger partial charge on any atom is 0.0963 e. The summed E-state index contributed by atoms with van der Waals surface area (Å²) >= 11 is 0. The molecule has 7 nitrogen and oxygen atoms in total. The van der Waals surface area contributed by atoms with Crippen LogP contribution in [-0.4, -0.2) is 72.0 Å². The molecule has 166 valence electrons. The van der Waals surface area contributed by atoms with Crippen LogP contribution in [0.5, 0.6) is 0 Å².